The van der Waals surface area contributed by atoms with Crippen LogP contribution in [-0.2, 0) is 19.1 Å². The number of nitrogens with one attached hydrogen (secondary N) is 1. The van der Waals surface area contributed by atoms with Crippen molar-refractivity contribution in [2.75, 3.05) is 33.4 Å². The summed E-state index contributed by atoms with van der Waals surface area (Å²) in [5.41, 5.74) is -0.810. The van der Waals surface area contributed by atoms with Crippen LogP contribution in [0.2, 0.25) is 0 Å². The van der Waals surface area contributed by atoms with Gasteiger partial charge in [0.05, 0.1) is 31.0 Å². The van der Waals surface area contributed by atoms with E-state index in [9.17, 15) is 9.59 Å². The summed E-state index contributed by atoms with van der Waals surface area (Å²) in [4.78, 5) is 44.7. The summed E-state index contributed by atoms with van der Waals surface area (Å²) in [5, 5.41) is 2.98. The fraction of sp³-hybridized carbons (Fsp3) is 0.652. The van der Waals surface area contributed by atoms with Gasteiger partial charge in [-0.3, -0.25) is 24.6 Å². The van der Waals surface area contributed by atoms with E-state index >= 15 is 0 Å². The molecule has 1 N–H and O–H groups in total. The third kappa shape index (κ3) is 5.05. The molecule has 0 bridgehead atoms. The van der Waals surface area contributed by atoms with Gasteiger partial charge in [0.2, 0.25) is 17.7 Å². The summed E-state index contributed by atoms with van der Waals surface area (Å²) < 4.78 is 10.9. The van der Waals surface area contributed by atoms with Crippen molar-refractivity contribution in [3.8, 4) is 0 Å². The number of carbonyl (C=O) groups excluding carboxylic acids is 2. The molecule has 10 heteroatoms. The number of allylic oxidation sites excluding steroid dienone is 1. The lowest BCUT2D eigenvalue weighted by Gasteiger charge is -2.35. The second kappa shape index (κ2) is 9.17. The highest BCUT2D eigenvalue weighted by molar-refractivity contribution is 6.27. The number of ether oxygens (including phenoxy) is 2. The number of hydrogen-bond acceptors (Lipinski definition) is 8. The van der Waals surface area contributed by atoms with Crippen LogP contribution in [0.25, 0.3) is 0 Å². The maximum absolute atomic E-state index is 12.8. The molecule has 4 heterocycles. The molecule has 0 aromatic carbocycles. The average Bonchev–Trinajstić information content (AvgIpc) is 2.76. The van der Waals surface area contributed by atoms with Gasteiger partial charge in [-0.15, -0.1) is 0 Å². The molecule has 0 aliphatic carbocycles. The zero-order chi connectivity index (χ0) is 23.6. The Kier molecular flexibility index (Phi) is 6.47. The molecule has 0 aromatic rings. The van der Waals surface area contributed by atoms with Crippen LogP contribution in [-0.4, -0.2) is 91.4 Å². The first-order valence-corrected chi connectivity index (χ1v) is 11.4. The molecule has 4 unspecified atom stereocenters. The van der Waals surface area contributed by atoms with Gasteiger partial charge in [-0.2, -0.15) is 0 Å². The van der Waals surface area contributed by atoms with Gasteiger partial charge in [0.25, 0.3) is 0 Å². The Bertz CT molecular complexity index is 973. The Morgan fingerprint density at radius 3 is 2.79 bits per heavy atom. The molecule has 1 saturated heterocycles. The second-order valence-corrected chi connectivity index (χ2v) is 9.41. The normalized spacial score (nSPS) is 33.6. The van der Waals surface area contributed by atoms with E-state index in [1.54, 1.807) is 18.9 Å². The molecular weight excluding hydrogens is 424 g/mol. The zero-order valence-corrected chi connectivity index (χ0v) is 19.7. The van der Waals surface area contributed by atoms with Crippen molar-refractivity contribution in [3.63, 3.8) is 0 Å². The highest BCUT2D eigenvalue weighted by atomic mass is 16.5. The first kappa shape index (κ1) is 23.3. The van der Waals surface area contributed by atoms with Crippen LogP contribution in [0.4, 0.5) is 0 Å². The molecule has 4 aliphatic heterocycles. The molecule has 0 saturated carbocycles. The van der Waals surface area contributed by atoms with Crippen molar-refractivity contribution in [3.05, 3.63) is 11.8 Å². The standard InChI is InChI=1S/C23H32N6O4.H2/c1-15-28-22(2,9-20(30)29(15)4)18-6-5-16(10-24-18)11-25-21(31)23(3)14-26-19(12-27-23)33-13-17-7-8-32-17;/h6,10,12,16-17H,5,7-9,11,13-14H2,1-4H3,(H,25,31);1H. The van der Waals surface area contributed by atoms with Gasteiger partial charge in [0.1, 0.15) is 18.0 Å². The van der Waals surface area contributed by atoms with E-state index in [4.69, 9.17) is 14.5 Å². The van der Waals surface area contributed by atoms with Crippen LogP contribution in [0.1, 0.15) is 41.5 Å². The maximum Gasteiger partial charge on any atom is 0.249 e. The first-order valence-electron chi connectivity index (χ1n) is 11.4. The predicted octanol–water partition coefficient (Wildman–Crippen LogP) is 1.41. The summed E-state index contributed by atoms with van der Waals surface area (Å²) in [6.45, 7) is 7.45. The van der Waals surface area contributed by atoms with E-state index in [1.807, 2.05) is 26.1 Å². The summed E-state index contributed by atoms with van der Waals surface area (Å²) in [6, 6.07) is 0. The van der Waals surface area contributed by atoms with Crippen LogP contribution in [0.5, 0.6) is 0 Å². The molecular formula is C23H34N6O4. The molecule has 4 aliphatic rings. The first-order chi connectivity index (χ1) is 15.7. The Balaban J connectivity index is 0.00000324. The number of nitrogens with zero attached hydrogens (tertiary/aromatic N) is 5. The molecule has 33 heavy (non-hydrogen) atoms. The van der Waals surface area contributed by atoms with Crippen molar-refractivity contribution in [2.24, 2.45) is 25.9 Å². The summed E-state index contributed by atoms with van der Waals surface area (Å²) >= 11 is 0. The SMILES string of the molecule is CC1=NC(C)(C2=CCC(CNC(=O)C3(C)CN=C(OCC4CCO4)C=N3)C=N2)CC(=O)N1C.[HH]. The van der Waals surface area contributed by atoms with E-state index < -0.39 is 11.1 Å². The fourth-order valence-corrected chi connectivity index (χ4v) is 4.00. The van der Waals surface area contributed by atoms with Crippen molar-refractivity contribution in [1.29, 1.82) is 0 Å². The van der Waals surface area contributed by atoms with Crippen molar-refractivity contribution in [2.45, 2.75) is 57.2 Å². The molecule has 4 atom stereocenters. The number of amides is 2. The van der Waals surface area contributed by atoms with Crippen molar-refractivity contribution < 1.29 is 20.5 Å². The minimum atomic E-state index is -0.957. The number of amidine groups is 1. The summed E-state index contributed by atoms with van der Waals surface area (Å²) in [6.07, 6.45) is 7.51. The molecule has 180 valence electrons. The van der Waals surface area contributed by atoms with Gasteiger partial charge in [-0.25, -0.2) is 4.99 Å². The van der Waals surface area contributed by atoms with E-state index in [2.05, 4.69) is 20.3 Å². The van der Waals surface area contributed by atoms with Crippen LogP contribution >= 0.6 is 0 Å². The van der Waals surface area contributed by atoms with E-state index in [0.717, 1.165) is 18.7 Å². The third-order valence-electron chi connectivity index (χ3n) is 6.58. The largest absolute Gasteiger partial charge is 0.474 e. The van der Waals surface area contributed by atoms with E-state index in [1.165, 1.54) is 6.21 Å². The topological polar surface area (TPSA) is 117 Å². The predicted molar refractivity (Wildman–Crippen MR) is 128 cm³/mol. The molecule has 0 radical (unpaired) electrons. The third-order valence-corrected chi connectivity index (χ3v) is 6.58. The lowest BCUT2D eigenvalue weighted by Crippen LogP contribution is -2.49. The van der Waals surface area contributed by atoms with Crippen LogP contribution in [0.3, 0.4) is 0 Å². The second-order valence-electron chi connectivity index (χ2n) is 9.41. The minimum absolute atomic E-state index is 0. The molecule has 1 fully saturated rings. The lowest BCUT2D eigenvalue weighted by atomic mass is 9.88. The van der Waals surface area contributed by atoms with Crippen LogP contribution in [0, 0.1) is 5.92 Å². The van der Waals surface area contributed by atoms with E-state index in [0.29, 0.717) is 37.7 Å². The van der Waals surface area contributed by atoms with Crippen LogP contribution < -0.4 is 5.32 Å². The minimum Gasteiger partial charge on any atom is -0.474 e. The number of carbonyl (C=O) groups is 2. The lowest BCUT2D eigenvalue weighted by molar-refractivity contribution is -0.128. The highest BCUT2D eigenvalue weighted by Gasteiger charge is 2.38. The average molecular weight is 459 g/mol. The smallest absolute Gasteiger partial charge is 0.249 e. The number of hydrogen-bond donors (Lipinski definition) is 1. The molecule has 2 amide bonds. The van der Waals surface area contributed by atoms with E-state index in [-0.39, 0.29) is 31.8 Å². The van der Waals surface area contributed by atoms with Gasteiger partial charge in [0, 0.05) is 40.2 Å². The monoisotopic (exact) mass is 458 g/mol. The van der Waals surface area contributed by atoms with Gasteiger partial charge in [-0.05, 0) is 27.2 Å². The van der Waals surface area contributed by atoms with Gasteiger partial charge in [-0.1, -0.05) is 6.08 Å². The van der Waals surface area contributed by atoms with Gasteiger partial charge >= 0.3 is 0 Å². The zero-order valence-electron chi connectivity index (χ0n) is 19.7. The summed E-state index contributed by atoms with van der Waals surface area (Å²) in [5.74, 6) is 1.04. The fourth-order valence-electron chi connectivity index (χ4n) is 4.00. The number of rotatable bonds is 6. The quantitative estimate of drug-likeness (QED) is 0.647. The van der Waals surface area contributed by atoms with Crippen LogP contribution in [0.15, 0.2) is 31.7 Å². The number of aliphatic imine (C=N–C) groups is 4. The highest BCUT2D eigenvalue weighted by Crippen LogP contribution is 2.33. The maximum atomic E-state index is 12.8. The Morgan fingerprint density at radius 2 is 2.21 bits per heavy atom. The molecule has 4 rings (SSSR count). The van der Waals surface area contributed by atoms with Gasteiger partial charge < -0.3 is 19.7 Å². The Labute approximate surface area is 195 Å². The Morgan fingerprint density at radius 1 is 1.42 bits per heavy atom. The molecule has 10 nitrogen and oxygen atoms in total. The van der Waals surface area contributed by atoms with Gasteiger partial charge in [0.15, 0.2) is 5.54 Å². The molecule has 0 spiro atoms. The summed E-state index contributed by atoms with van der Waals surface area (Å²) in [7, 11) is 1.73. The van der Waals surface area contributed by atoms with Crippen molar-refractivity contribution in [1.82, 2.24) is 10.2 Å². The van der Waals surface area contributed by atoms with Crippen molar-refractivity contribution >= 4 is 36.0 Å². The molecule has 0 aromatic heterocycles. The Hall–Kier alpha value is -2.88.